The highest BCUT2D eigenvalue weighted by Gasteiger charge is 2.39. The van der Waals surface area contributed by atoms with Gasteiger partial charge in [-0.3, -0.25) is 4.79 Å². The summed E-state index contributed by atoms with van der Waals surface area (Å²) >= 11 is 0. The monoisotopic (exact) mass is 228 g/mol. The number of likely N-dealkylation sites (N-methyl/N-ethyl adjacent to an activating group) is 1. The van der Waals surface area contributed by atoms with E-state index in [1.54, 1.807) is 18.7 Å². The Labute approximate surface area is 98.0 Å². The van der Waals surface area contributed by atoms with Crippen LogP contribution in [0.2, 0.25) is 0 Å². The fourth-order valence-corrected chi connectivity index (χ4v) is 2.22. The Morgan fingerprint density at radius 1 is 1.56 bits per heavy atom. The minimum atomic E-state index is -0.833. The van der Waals surface area contributed by atoms with Gasteiger partial charge in [0.05, 0.1) is 11.1 Å². The SMILES string of the molecule is CCN(CC(C)(C)O)C(=O)C1(C)CCCN1. The lowest BCUT2D eigenvalue weighted by Crippen LogP contribution is -2.55. The topological polar surface area (TPSA) is 52.6 Å². The van der Waals surface area contributed by atoms with Gasteiger partial charge in [0.15, 0.2) is 0 Å². The first-order valence-corrected chi connectivity index (χ1v) is 6.05. The zero-order valence-corrected chi connectivity index (χ0v) is 10.8. The molecule has 0 radical (unpaired) electrons. The summed E-state index contributed by atoms with van der Waals surface area (Å²) in [5.74, 6) is 0.106. The molecule has 1 fully saturated rings. The summed E-state index contributed by atoms with van der Waals surface area (Å²) in [4.78, 5) is 14.1. The summed E-state index contributed by atoms with van der Waals surface area (Å²) in [5.41, 5.74) is -1.26. The van der Waals surface area contributed by atoms with E-state index in [-0.39, 0.29) is 5.91 Å². The lowest BCUT2D eigenvalue weighted by Gasteiger charge is -2.34. The molecule has 1 aliphatic rings. The molecule has 2 N–H and O–H groups in total. The average Bonchev–Trinajstić information content (AvgIpc) is 2.60. The van der Waals surface area contributed by atoms with Crippen molar-refractivity contribution in [2.45, 2.75) is 51.7 Å². The van der Waals surface area contributed by atoms with Crippen molar-refractivity contribution in [3.8, 4) is 0 Å². The van der Waals surface area contributed by atoms with Gasteiger partial charge in [-0.1, -0.05) is 0 Å². The minimum Gasteiger partial charge on any atom is -0.389 e. The lowest BCUT2D eigenvalue weighted by atomic mass is 9.97. The number of hydrogen-bond donors (Lipinski definition) is 2. The minimum absolute atomic E-state index is 0.106. The van der Waals surface area contributed by atoms with Crippen LogP contribution in [0, 0.1) is 0 Å². The van der Waals surface area contributed by atoms with Crippen LogP contribution in [0.5, 0.6) is 0 Å². The predicted octanol–water partition coefficient (Wildman–Crippen LogP) is 0.748. The molecule has 94 valence electrons. The van der Waals surface area contributed by atoms with Crippen molar-refractivity contribution in [1.82, 2.24) is 10.2 Å². The molecule has 1 unspecified atom stereocenters. The van der Waals surface area contributed by atoms with E-state index in [9.17, 15) is 9.90 Å². The van der Waals surface area contributed by atoms with Crippen molar-refractivity contribution >= 4 is 5.91 Å². The maximum absolute atomic E-state index is 12.3. The Kier molecular flexibility index (Phi) is 3.97. The van der Waals surface area contributed by atoms with Gasteiger partial charge in [-0.25, -0.2) is 0 Å². The van der Waals surface area contributed by atoms with Crippen molar-refractivity contribution in [2.24, 2.45) is 0 Å². The van der Waals surface area contributed by atoms with E-state index in [1.807, 2.05) is 13.8 Å². The number of nitrogens with zero attached hydrogens (tertiary/aromatic N) is 1. The first-order valence-electron chi connectivity index (χ1n) is 6.05. The number of nitrogens with one attached hydrogen (secondary N) is 1. The molecule has 0 aliphatic carbocycles. The van der Waals surface area contributed by atoms with Gasteiger partial charge in [-0.05, 0) is 47.1 Å². The normalized spacial score (nSPS) is 25.8. The fraction of sp³-hybridized carbons (Fsp3) is 0.917. The average molecular weight is 228 g/mol. The molecule has 0 aromatic heterocycles. The molecule has 0 bridgehead atoms. The quantitative estimate of drug-likeness (QED) is 0.746. The molecule has 0 aromatic rings. The Balaban J connectivity index is 2.69. The molecule has 0 saturated carbocycles. The predicted molar refractivity (Wildman–Crippen MR) is 64.2 cm³/mol. The fourth-order valence-electron chi connectivity index (χ4n) is 2.22. The van der Waals surface area contributed by atoms with Crippen LogP contribution in [-0.4, -0.2) is 46.7 Å². The Bertz CT molecular complexity index is 252. The molecule has 1 saturated heterocycles. The first-order chi connectivity index (χ1) is 7.28. The number of rotatable bonds is 4. The van der Waals surface area contributed by atoms with E-state index in [0.29, 0.717) is 13.1 Å². The van der Waals surface area contributed by atoms with Gasteiger partial charge in [0.1, 0.15) is 0 Å². The Morgan fingerprint density at radius 2 is 2.19 bits per heavy atom. The highest BCUT2D eigenvalue weighted by molar-refractivity contribution is 5.86. The van der Waals surface area contributed by atoms with Crippen molar-refractivity contribution in [2.75, 3.05) is 19.6 Å². The van der Waals surface area contributed by atoms with E-state index in [0.717, 1.165) is 19.4 Å². The number of aliphatic hydroxyl groups is 1. The van der Waals surface area contributed by atoms with Crippen LogP contribution in [0.25, 0.3) is 0 Å². The van der Waals surface area contributed by atoms with Gasteiger partial charge >= 0.3 is 0 Å². The second kappa shape index (κ2) is 4.72. The molecule has 4 heteroatoms. The van der Waals surface area contributed by atoms with Gasteiger partial charge in [-0.2, -0.15) is 0 Å². The van der Waals surface area contributed by atoms with Crippen LogP contribution in [0.3, 0.4) is 0 Å². The number of carbonyl (C=O) groups is 1. The number of hydrogen-bond acceptors (Lipinski definition) is 3. The van der Waals surface area contributed by atoms with Gasteiger partial charge in [0, 0.05) is 13.1 Å². The smallest absolute Gasteiger partial charge is 0.242 e. The maximum Gasteiger partial charge on any atom is 0.242 e. The molecule has 1 rings (SSSR count). The van der Waals surface area contributed by atoms with E-state index in [4.69, 9.17) is 0 Å². The molecule has 0 aromatic carbocycles. The van der Waals surface area contributed by atoms with Gasteiger partial charge < -0.3 is 15.3 Å². The van der Waals surface area contributed by atoms with Crippen molar-refractivity contribution in [3.05, 3.63) is 0 Å². The van der Waals surface area contributed by atoms with Crippen LogP contribution < -0.4 is 5.32 Å². The third kappa shape index (κ3) is 3.19. The van der Waals surface area contributed by atoms with E-state index in [2.05, 4.69) is 5.32 Å². The van der Waals surface area contributed by atoms with Gasteiger partial charge in [0.25, 0.3) is 0 Å². The van der Waals surface area contributed by atoms with E-state index >= 15 is 0 Å². The second-order valence-electron chi connectivity index (χ2n) is 5.49. The van der Waals surface area contributed by atoms with E-state index < -0.39 is 11.1 Å². The molecule has 0 spiro atoms. The van der Waals surface area contributed by atoms with Crippen LogP contribution in [-0.2, 0) is 4.79 Å². The maximum atomic E-state index is 12.3. The zero-order chi connectivity index (χ0) is 12.4. The Morgan fingerprint density at radius 3 is 2.56 bits per heavy atom. The largest absolute Gasteiger partial charge is 0.389 e. The summed E-state index contributed by atoms with van der Waals surface area (Å²) in [6.07, 6.45) is 1.93. The van der Waals surface area contributed by atoms with Crippen LogP contribution >= 0.6 is 0 Å². The van der Waals surface area contributed by atoms with Crippen molar-refractivity contribution in [3.63, 3.8) is 0 Å². The summed E-state index contributed by atoms with van der Waals surface area (Å²) < 4.78 is 0. The molecule has 1 heterocycles. The molecule has 1 amide bonds. The van der Waals surface area contributed by atoms with E-state index in [1.165, 1.54) is 0 Å². The van der Waals surface area contributed by atoms with Gasteiger partial charge in [-0.15, -0.1) is 0 Å². The second-order valence-corrected chi connectivity index (χ2v) is 5.49. The summed E-state index contributed by atoms with van der Waals surface area (Å²) in [5, 5.41) is 13.0. The zero-order valence-electron chi connectivity index (χ0n) is 10.8. The number of amides is 1. The molecule has 16 heavy (non-hydrogen) atoms. The van der Waals surface area contributed by atoms with Gasteiger partial charge in [0.2, 0.25) is 5.91 Å². The lowest BCUT2D eigenvalue weighted by molar-refractivity contribution is -0.139. The summed E-state index contributed by atoms with van der Waals surface area (Å²) in [6, 6.07) is 0. The van der Waals surface area contributed by atoms with Crippen molar-refractivity contribution in [1.29, 1.82) is 0 Å². The number of carbonyl (C=O) groups excluding carboxylic acids is 1. The molecule has 1 aliphatic heterocycles. The third-order valence-electron chi connectivity index (χ3n) is 3.09. The third-order valence-corrected chi connectivity index (χ3v) is 3.09. The standard InChI is InChI=1S/C12H24N2O2/c1-5-14(9-11(2,3)16)10(15)12(4)7-6-8-13-12/h13,16H,5-9H2,1-4H3. The molecular formula is C12H24N2O2. The summed E-state index contributed by atoms with van der Waals surface area (Å²) in [7, 11) is 0. The van der Waals surface area contributed by atoms with Crippen LogP contribution in [0.15, 0.2) is 0 Å². The molecule has 4 nitrogen and oxygen atoms in total. The highest BCUT2D eigenvalue weighted by Crippen LogP contribution is 2.22. The van der Waals surface area contributed by atoms with Crippen molar-refractivity contribution < 1.29 is 9.90 Å². The van der Waals surface area contributed by atoms with Crippen LogP contribution in [0.4, 0.5) is 0 Å². The molecular weight excluding hydrogens is 204 g/mol. The molecule has 1 atom stereocenters. The Hall–Kier alpha value is -0.610. The first kappa shape index (κ1) is 13.5. The van der Waals surface area contributed by atoms with Crippen LogP contribution in [0.1, 0.15) is 40.5 Å². The highest BCUT2D eigenvalue weighted by atomic mass is 16.3. The summed E-state index contributed by atoms with van der Waals surface area (Å²) in [6.45, 7) is 9.29.